The van der Waals surface area contributed by atoms with Gasteiger partial charge >= 0.3 is 5.69 Å². The summed E-state index contributed by atoms with van der Waals surface area (Å²) >= 11 is 0. The zero-order chi connectivity index (χ0) is 14.2. The molecule has 1 N–H and O–H groups in total. The van der Waals surface area contributed by atoms with Crippen LogP contribution in [0.5, 0.6) is 0 Å². The van der Waals surface area contributed by atoms with Gasteiger partial charge in [-0.2, -0.15) is 0 Å². The van der Waals surface area contributed by atoms with Crippen molar-refractivity contribution in [2.24, 2.45) is 13.0 Å². The molecule has 0 aromatic carbocycles. The predicted octanol–water partition coefficient (Wildman–Crippen LogP) is 0.226. The number of fused-ring (bicyclic) bond motifs is 1. The molecule has 19 heavy (non-hydrogen) atoms. The van der Waals surface area contributed by atoms with Crippen LogP contribution < -0.4 is 11.2 Å². The SMILES string of the molecule is COCc1nc2c([nH]1)c(=O)n(CC(C)C)c(=O)n2C. The molecule has 0 aliphatic heterocycles. The first-order chi connectivity index (χ1) is 8.95. The van der Waals surface area contributed by atoms with Gasteiger partial charge in [0.2, 0.25) is 0 Å². The van der Waals surface area contributed by atoms with Gasteiger partial charge in [-0.1, -0.05) is 13.8 Å². The van der Waals surface area contributed by atoms with Crippen LogP contribution in [0.1, 0.15) is 19.7 Å². The van der Waals surface area contributed by atoms with Crippen molar-refractivity contribution in [3.8, 4) is 0 Å². The zero-order valence-electron chi connectivity index (χ0n) is 11.6. The molecule has 2 aromatic heterocycles. The Morgan fingerprint density at radius 2 is 2.05 bits per heavy atom. The number of ether oxygens (including phenoxy) is 1. The molecule has 7 nitrogen and oxygen atoms in total. The number of aryl methyl sites for hydroxylation is 1. The van der Waals surface area contributed by atoms with E-state index in [2.05, 4.69) is 9.97 Å². The van der Waals surface area contributed by atoms with Crippen molar-refractivity contribution in [2.45, 2.75) is 27.0 Å². The summed E-state index contributed by atoms with van der Waals surface area (Å²) in [5.41, 5.74) is 0.0279. The Morgan fingerprint density at radius 1 is 1.37 bits per heavy atom. The summed E-state index contributed by atoms with van der Waals surface area (Å²) in [6.07, 6.45) is 0. The van der Waals surface area contributed by atoms with Crippen LogP contribution in [-0.2, 0) is 24.9 Å². The molecule has 7 heteroatoms. The van der Waals surface area contributed by atoms with E-state index < -0.39 is 0 Å². The molecule has 0 saturated carbocycles. The fourth-order valence-electron chi connectivity index (χ4n) is 2.03. The summed E-state index contributed by atoms with van der Waals surface area (Å²) in [6.45, 7) is 4.57. The van der Waals surface area contributed by atoms with Crippen LogP contribution >= 0.6 is 0 Å². The van der Waals surface area contributed by atoms with Crippen LogP contribution in [0.25, 0.3) is 11.2 Å². The highest BCUT2D eigenvalue weighted by Crippen LogP contribution is 2.05. The highest BCUT2D eigenvalue weighted by molar-refractivity contribution is 5.69. The van der Waals surface area contributed by atoms with Gasteiger partial charge in [0.05, 0.1) is 0 Å². The van der Waals surface area contributed by atoms with Crippen LogP contribution in [0, 0.1) is 5.92 Å². The van der Waals surface area contributed by atoms with E-state index in [4.69, 9.17) is 4.74 Å². The summed E-state index contributed by atoms with van der Waals surface area (Å²) in [7, 11) is 3.15. The average Bonchev–Trinajstić information content (AvgIpc) is 2.76. The number of nitrogens with one attached hydrogen (secondary N) is 1. The molecular weight excluding hydrogens is 248 g/mol. The van der Waals surface area contributed by atoms with Gasteiger partial charge in [0.25, 0.3) is 5.56 Å². The summed E-state index contributed by atoms with van der Waals surface area (Å²) in [6, 6.07) is 0. The maximum absolute atomic E-state index is 12.3. The third kappa shape index (κ3) is 2.33. The van der Waals surface area contributed by atoms with E-state index >= 15 is 0 Å². The highest BCUT2D eigenvalue weighted by atomic mass is 16.5. The monoisotopic (exact) mass is 266 g/mol. The van der Waals surface area contributed by atoms with Gasteiger partial charge in [-0.25, -0.2) is 9.78 Å². The molecule has 0 spiro atoms. The molecule has 0 radical (unpaired) electrons. The Morgan fingerprint density at radius 3 is 2.63 bits per heavy atom. The fraction of sp³-hybridized carbons (Fsp3) is 0.583. The molecular formula is C12H18N4O3. The first-order valence-electron chi connectivity index (χ1n) is 6.13. The van der Waals surface area contributed by atoms with E-state index in [1.165, 1.54) is 9.13 Å². The van der Waals surface area contributed by atoms with Gasteiger partial charge in [-0.15, -0.1) is 0 Å². The lowest BCUT2D eigenvalue weighted by atomic mass is 10.2. The second-order valence-corrected chi connectivity index (χ2v) is 4.97. The van der Waals surface area contributed by atoms with Gasteiger partial charge in [0.15, 0.2) is 5.65 Å². The molecule has 0 unspecified atom stereocenters. The molecule has 0 amide bonds. The van der Waals surface area contributed by atoms with Crippen molar-refractivity contribution in [3.63, 3.8) is 0 Å². The summed E-state index contributed by atoms with van der Waals surface area (Å²) in [5.74, 6) is 0.746. The maximum Gasteiger partial charge on any atom is 0.332 e. The van der Waals surface area contributed by atoms with E-state index in [9.17, 15) is 9.59 Å². The van der Waals surface area contributed by atoms with Gasteiger partial charge < -0.3 is 9.72 Å². The van der Waals surface area contributed by atoms with E-state index in [-0.39, 0.29) is 23.8 Å². The number of hydrogen-bond acceptors (Lipinski definition) is 4. The molecule has 0 fully saturated rings. The number of rotatable bonds is 4. The van der Waals surface area contributed by atoms with Crippen molar-refractivity contribution in [1.82, 2.24) is 19.1 Å². The lowest BCUT2D eigenvalue weighted by molar-refractivity contribution is 0.179. The number of hydrogen-bond donors (Lipinski definition) is 1. The van der Waals surface area contributed by atoms with E-state index in [1.807, 2.05) is 13.8 Å². The van der Waals surface area contributed by atoms with Gasteiger partial charge in [0, 0.05) is 20.7 Å². The fourth-order valence-corrected chi connectivity index (χ4v) is 2.03. The van der Waals surface area contributed by atoms with E-state index in [0.717, 1.165) is 0 Å². The standard InChI is InChI=1S/C12H18N4O3/c1-7(2)5-16-11(17)9-10(15(3)12(16)18)14-8(13-9)6-19-4/h7H,5-6H2,1-4H3,(H,13,14). The van der Waals surface area contributed by atoms with E-state index in [1.54, 1.807) is 14.2 Å². The van der Waals surface area contributed by atoms with Crippen molar-refractivity contribution >= 4 is 11.2 Å². The van der Waals surface area contributed by atoms with Gasteiger partial charge in [-0.05, 0) is 5.92 Å². The van der Waals surface area contributed by atoms with Crippen molar-refractivity contribution in [2.75, 3.05) is 7.11 Å². The second kappa shape index (κ2) is 5.00. The lowest BCUT2D eigenvalue weighted by Crippen LogP contribution is -2.40. The number of H-pyrrole nitrogens is 1. The zero-order valence-corrected chi connectivity index (χ0v) is 11.6. The molecule has 0 aliphatic rings. The van der Waals surface area contributed by atoms with Crippen LogP contribution in [-0.4, -0.2) is 26.2 Å². The average molecular weight is 266 g/mol. The summed E-state index contributed by atoms with van der Waals surface area (Å²) in [4.78, 5) is 31.6. The molecule has 0 bridgehead atoms. The number of aromatic amines is 1. The van der Waals surface area contributed by atoms with Crippen LogP contribution in [0.15, 0.2) is 9.59 Å². The molecule has 2 heterocycles. The Bertz CT molecular complexity index is 708. The first kappa shape index (κ1) is 13.5. The van der Waals surface area contributed by atoms with Gasteiger partial charge in [0.1, 0.15) is 17.9 Å². The minimum absolute atomic E-state index is 0.212. The Balaban J connectivity index is 2.73. The quantitative estimate of drug-likeness (QED) is 0.858. The van der Waals surface area contributed by atoms with Crippen LogP contribution in [0.2, 0.25) is 0 Å². The Hall–Kier alpha value is -1.89. The lowest BCUT2D eigenvalue weighted by Gasteiger charge is -2.09. The first-order valence-corrected chi connectivity index (χ1v) is 6.13. The molecule has 0 atom stereocenters. The van der Waals surface area contributed by atoms with Crippen molar-refractivity contribution in [3.05, 3.63) is 26.7 Å². The predicted molar refractivity (Wildman–Crippen MR) is 71.1 cm³/mol. The summed E-state index contributed by atoms with van der Waals surface area (Å²) < 4.78 is 7.59. The summed E-state index contributed by atoms with van der Waals surface area (Å²) in [5, 5.41) is 0. The third-order valence-electron chi connectivity index (χ3n) is 2.86. The highest BCUT2D eigenvalue weighted by Gasteiger charge is 2.15. The number of nitrogens with zero attached hydrogens (tertiary/aromatic N) is 3. The number of aromatic nitrogens is 4. The molecule has 0 saturated heterocycles. The van der Waals surface area contributed by atoms with Crippen molar-refractivity contribution in [1.29, 1.82) is 0 Å². The molecule has 0 aliphatic carbocycles. The normalized spacial score (nSPS) is 11.6. The number of methoxy groups -OCH3 is 1. The van der Waals surface area contributed by atoms with Crippen molar-refractivity contribution < 1.29 is 4.74 Å². The molecule has 104 valence electrons. The third-order valence-corrected chi connectivity index (χ3v) is 2.86. The Labute approximate surface area is 109 Å². The van der Waals surface area contributed by atoms with Crippen LogP contribution in [0.4, 0.5) is 0 Å². The minimum Gasteiger partial charge on any atom is -0.377 e. The second-order valence-electron chi connectivity index (χ2n) is 4.97. The molecule has 2 aromatic rings. The topological polar surface area (TPSA) is 81.9 Å². The Kier molecular flexibility index (Phi) is 3.57. The van der Waals surface area contributed by atoms with E-state index in [0.29, 0.717) is 23.5 Å². The van der Waals surface area contributed by atoms with Gasteiger partial charge in [-0.3, -0.25) is 13.9 Å². The number of imidazole rings is 1. The van der Waals surface area contributed by atoms with Crippen LogP contribution in [0.3, 0.4) is 0 Å². The smallest absolute Gasteiger partial charge is 0.332 e. The maximum atomic E-state index is 12.3. The molecule has 2 rings (SSSR count). The largest absolute Gasteiger partial charge is 0.377 e. The minimum atomic E-state index is -0.346.